The Bertz CT molecular complexity index is 763. The van der Waals surface area contributed by atoms with Crippen LogP contribution in [0.4, 0.5) is 5.69 Å². The molecule has 0 aromatic heterocycles. The summed E-state index contributed by atoms with van der Waals surface area (Å²) in [6.07, 6.45) is -0.769. The number of nitrogens with one attached hydrogen (secondary N) is 1. The summed E-state index contributed by atoms with van der Waals surface area (Å²) in [7, 11) is 0. The molecule has 0 unspecified atom stereocenters. The molecule has 0 bridgehead atoms. The van der Waals surface area contributed by atoms with Gasteiger partial charge in [0.15, 0.2) is 6.10 Å². The first-order valence-corrected chi connectivity index (χ1v) is 8.96. The minimum atomic E-state index is -0.769. The van der Waals surface area contributed by atoms with Gasteiger partial charge in [0.25, 0.3) is 5.91 Å². The largest absolute Gasteiger partial charge is 0.479 e. The van der Waals surface area contributed by atoms with E-state index in [1.54, 1.807) is 55.5 Å². The van der Waals surface area contributed by atoms with Crippen LogP contribution in [0.25, 0.3) is 0 Å². The van der Waals surface area contributed by atoms with Crippen LogP contribution in [-0.4, -0.2) is 37.8 Å². The van der Waals surface area contributed by atoms with E-state index >= 15 is 0 Å². The van der Waals surface area contributed by atoms with Crippen LogP contribution in [0.2, 0.25) is 5.02 Å². The van der Waals surface area contributed by atoms with Crippen LogP contribution in [-0.2, 0) is 14.3 Å². The molecule has 144 valence electrons. The number of hydrogen-bond acceptors (Lipinski definition) is 5. The normalized spacial score (nSPS) is 11.5. The average molecular weight is 392 g/mol. The van der Waals surface area contributed by atoms with Crippen molar-refractivity contribution >= 4 is 29.2 Å². The summed E-state index contributed by atoms with van der Waals surface area (Å²) in [6, 6.07) is 13.4. The van der Waals surface area contributed by atoms with Crippen molar-refractivity contribution in [3.05, 3.63) is 59.1 Å². The third-order valence-corrected chi connectivity index (χ3v) is 3.89. The Morgan fingerprint density at radius 1 is 1.07 bits per heavy atom. The number of carbonyl (C=O) groups is 2. The lowest BCUT2D eigenvalue weighted by Gasteiger charge is -2.14. The molecular formula is C20H22ClNO5. The van der Waals surface area contributed by atoms with Gasteiger partial charge in [-0.25, -0.2) is 4.79 Å². The second-order valence-electron chi connectivity index (χ2n) is 5.58. The summed E-state index contributed by atoms with van der Waals surface area (Å²) in [5.41, 5.74) is 0.974. The molecule has 1 N–H and O–H groups in total. The van der Waals surface area contributed by atoms with Gasteiger partial charge in [0.2, 0.25) is 0 Å². The molecule has 0 saturated heterocycles. The fraction of sp³-hybridized carbons (Fsp3) is 0.300. The van der Waals surface area contributed by atoms with Crippen LogP contribution < -0.4 is 10.1 Å². The summed E-state index contributed by atoms with van der Waals surface area (Å²) in [5, 5.41) is 3.20. The summed E-state index contributed by atoms with van der Waals surface area (Å²) >= 11 is 6.04. The van der Waals surface area contributed by atoms with Crippen molar-refractivity contribution in [3.8, 4) is 5.75 Å². The molecule has 1 atom stereocenters. The van der Waals surface area contributed by atoms with Crippen molar-refractivity contribution in [2.24, 2.45) is 0 Å². The van der Waals surface area contributed by atoms with Gasteiger partial charge in [-0.1, -0.05) is 23.7 Å². The van der Waals surface area contributed by atoms with Gasteiger partial charge >= 0.3 is 5.97 Å². The number of anilines is 1. The molecule has 2 aromatic carbocycles. The average Bonchev–Trinajstić information content (AvgIpc) is 2.67. The van der Waals surface area contributed by atoms with Gasteiger partial charge < -0.3 is 19.5 Å². The standard InChI is InChI=1S/C20H22ClNO5/c1-3-25-12-13-26-20(24)14(2)27-16-10-8-15(9-11-16)19(23)22-18-7-5-4-6-17(18)21/h4-11,14H,3,12-13H2,1-2H3,(H,22,23)/t14-/m1/s1. The Labute approximate surface area is 163 Å². The quantitative estimate of drug-likeness (QED) is 0.517. The molecule has 0 radical (unpaired) electrons. The van der Waals surface area contributed by atoms with Crippen molar-refractivity contribution in [1.29, 1.82) is 0 Å². The zero-order chi connectivity index (χ0) is 19.6. The number of benzene rings is 2. The molecule has 7 heteroatoms. The van der Waals surface area contributed by atoms with Crippen LogP contribution >= 0.6 is 11.6 Å². The molecule has 0 aliphatic rings. The summed E-state index contributed by atoms with van der Waals surface area (Å²) in [4.78, 5) is 24.1. The number of hydrogen-bond donors (Lipinski definition) is 1. The molecule has 27 heavy (non-hydrogen) atoms. The highest BCUT2D eigenvalue weighted by atomic mass is 35.5. The number of para-hydroxylation sites is 1. The molecular weight excluding hydrogens is 370 g/mol. The molecule has 2 rings (SSSR count). The van der Waals surface area contributed by atoms with Crippen molar-refractivity contribution in [2.45, 2.75) is 20.0 Å². The third kappa shape index (κ3) is 6.58. The predicted molar refractivity (Wildman–Crippen MR) is 103 cm³/mol. The van der Waals surface area contributed by atoms with Gasteiger partial charge in [0.1, 0.15) is 12.4 Å². The van der Waals surface area contributed by atoms with Gasteiger partial charge in [0, 0.05) is 12.2 Å². The zero-order valence-corrected chi connectivity index (χ0v) is 16.0. The fourth-order valence-electron chi connectivity index (χ4n) is 2.16. The number of halogens is 1. The maximum atomic E-state index is 12.3. The van der Waals surface area contributed by atoms with Crippen LogP contribution in [0, 0.1) is 0 Å². The summed E-state index contributed by atoms with van der Waals surface area (Å²) < 4.78 is 15.7. The highest BCUT2D eigenvalue weighted by Crippen LogP contribution is 2.22. The second kappa shape index (κ2) is 10.5. The number of ether oxygens (including phenoxy) is 3. The smallest absolute Gasteiger partial charge is 0.347 e. The van der Waals surface area contributed by atoms with Gasteiger partial charge in [-0.3, -0.25) is 4.79 Å². The molecule has 0 heterocycles. The Kier molecular flexibility index (Phi) is 8.10. The molecule has 0 fully saturated rings. The maximum Gasteiger partial charge on any atom is 0.347 e. The number of rotatable bonds is 9. The lowest BCUT2D eigenvalue weighted by atomic mass is 10.2. The van der Waals surface area contributed by atoms with Crippen molar-refractivity contribution in [3.63, 3.8) is 0 Å². The van der Waals surface area contributed by atoms with Gasteiger partial charge in [-0.15, -0.1) is 0 Å². The topological polar surface area (TPSA) is 73.9 Å². The van der Waals surface area contributed by atoms with E-state index in [4.69, 9.17) is 25.8 Å². The molecule has 0 spiro atoms. The minimum absolute atomic E-state index is 0.182. The van der Waals surface area contributed by atoms with Crippen LogP contribution in [0.3, 0.4) is 0 Å². The molecule has 0 aliphatic carbocycles. The highest BCUT2D eigenvalue weighted by Gasteiger charge is 2.16. The molecule has 0 aliphatic heterocycles. The van der Waals surface area contributed by atoms with Crippen molar-refractivity contribution < 1.29 is 23.8 Å². The van der Waals surface area contributed by atoms with E-state index in [1.807, 2.05) is 6.92 Å². The highest BCUT2D eigenvalue weighted by molar-refractivity contribution is 6.33. The van der Waals surface area contributed by atoms with Crippen molar-refractivity contribution in [1.82, 2.24) is 0 Å². The molecule has 2 aromatic rings. The van der Waals surface area contributed by atoms with Crippen LogP contribution in [0.1, 0.15) is 24.2 Å². The van der Waals surface area contributed by atoms with Gasteiger partial charge in [0.05, 0.1) is 17.3 Å². The van der Waals surface area contributed by atoms with E-state index < -0.39 is 12.1 Å². The maximum absolute atomic E-state index is 12.3. The van der Waals surface area contributed by atoms with E-state index in [0.717, 1.165) is 0 Å². The van der Waals surface area contributed by atoms with Crippen LogP contribution in [0.5, 0.6) is 5.75 Å². The van der Waals surface area contributed by atoms with E-state index in [2.05, 4.69) is 5.32 Å². The van der Waals surface area contributed by atoms with E-state index in [-0.39, 0.29) is 12.5 Å². The number of carbonyl (C=O) groups excluding carboxylic acids is 2. The first-order valence-electron chi connectivity index (χ1n) is 8.58. The van der Waals surface area contributed by atoms with E-state index in [0.29, 0.717) is 35.2 Å². The Hall–Kier alpha value is -2.57. The van der Waals surface area contributed by atoms with E-state index in [1.165, 1.54) is 0 Å². The SMILES string of the molecule is CCOCCOC(=O)[C@@H](C)Oc1ccc(C(=O)Nc2ccccc2Cl)cc1. The lowest BCUT2D eigenvalue weighted by Crippen LogP contribution is -2.27. The summed E-state index contributed by atoms with van der Waals surface area (Å²) in [6.45, 7) is 4.57. The minimum Gasteiger partial charge on any atom is -0.479 e. The number of esters is 1. The summed E-state index contributed by atoms with van der Waals surface area (Å²) in [5.74, 6) is -0.313. The first kappa shape index (κ1) is 20.7. The van der Waals surface area contributed by atoms with Crippen molar-refractivity contribution in [2.75, 3.05) is 25.1 Å². The number of amides is 1. The second-order valence-corrected chi connectivity index (χ2v) is 5.99. The third-order valence-electron chi connectivity index (χ3n) is 3.56. The Morgan fingerprint density at radius 3 is 2.44 bits per heavy atom. The molecule has 1 amide bonds. The first-order chi connectivity index (χ1) is 13.0. The van der Waals surface area contributed by atoms with E-state index in [9.17, 15) is 9.59 Å². The monoisotopic (exact) mass is 391 g/mol. The lowest BCUT2D eigenvalue weighted by molar-refractivity contribution is -0.152. The van der Waals surface area contributed by atoms with Crippen LogP contribution in [0.15, 0.2) is 48.5 Å². The Balaban J connectivity index is 1.88. The molecule has 6 nitrogen and oxygen atoms in total. The predicted octanol–water partition coefficient (Wildman–Crippen LogP) is 3.94. The van der Waals surface area contributed by atoms with Gasteiger partial charge in [-0.2, -0.15) is 0 Å². The zero-order valence-electron chi connectivity index (χ0n) is 15.2. The fourth-order valence-corrected chi connectivity index (χ4v) is 2.34. The van der Waals surface area contributed by atoms with Gasteiger partial charge in [-0.05, 0) is 50.2 Å². The molecule has 0 saturated carbocycles. The Morgan fingerprint density at radius 2 is 1.78 bits per heavy atom.